The quantitative estimate of drug-likeness (QED) is 0.334. The molecule has 1 amide bonds. The van der Waals surface area contributed by atoms with E-state index in [-0.39, 0.29) is 24.3 Å². The van der Waals surface area contributed by atoms with Crippen LogP contribution in [0.3, 0.4) is 0 Å². The van der Waals surface area contributed by atoms with E-state index >= 15 is 0 Å². The number of aliphatic imine (C=N–C) groups is 2. The molecule has 12 heteroatoms. The molecule has 1 aliphatic heterocycles. The molecule has 39 heavy (non-hydrogen) atoms. The van der Waals surface area contributed by atoms with Crippen LogP contribution < -0.4 is 10.2 Å². The normalized spacial score (nSPS) is 13.4. The first kappa shape index (κ1) is 27.3. The zero-order valence-electron chi connectivity index (χ0n) is 20.8. The van der Waals surface area contributed by atoms with Crippen molar-refractivity contribution in [3.05, 3.63) is 88.5 Å². The number of benzene rings is 2. The molecule has 2 aromatic carbocycles. The molecule has 2 heterocycles. The van der Waals surface area contributed by atoms with Gasteiger partial charge < -0.3 is 10.2 Å². The van der Waals surface area contributed by atoms with Crippen LogP contribution in [-0.4, -0.2) is 41.3 Å². The predicted octanol–water partition coefficient (Wildman–Crippen LogP) is 4.65. The molecule has 8 nitrogen and oxygen atoms in total. The highest BCUT2D eigenvalue weighted by Gasteiger charge is 2.36. The van der Waals surface area contributed by atoms with Crippen LogP contribution >= 0.6 is 0 Å². The Labute approximate surface area is 221 Å². The first-order chi connectivity index (χ1) is 18.6. The van der Waals surface area contributed by atoms with Gasteiger partial charge in [-0.1, -0.05) is 12.1 Å². The lowest BCUT2D eigenvalue weighted by atomic mass is 9.99. The van der Waals surface area contributed by atoms with E-state index in [1.807, 2.05) is 0 Å². The summed E-state index contributed by atoms with van der Waals surface area (Å²) in [5.41, 5.74) is 0.554. The molecule has 200 valence electrons. The van der Waals surface area contributed by atoms with Crippen molar-refractivity contribution in [2.24, 2.45) is 17.0 Å². The van der Waals surface area contributed by atoms with Crippen LogP contribution in [0.15, 0.2) is 64.9 Å². The molecule has 0 saturated heterocycles. The van der Waals surface area contributed by atoms with Gasteiger partial charge in [-0.25, -0.2) is 4.39 Å². The van der Waals surface area contributed by atoms with E-state index in [0.717, 1.165) is 18.0 Å². The summed E-state index contributed by atoms with van der Waals surface area (Å²) in [5.74, 6) is -1.33. The Bertz CT molecular complexity index is 1520. The maximum Gasteiger partial charge on any atom is 0.419 e. The van der Waals surface area contributed by atoms with Crippen molar-refractivity contribution in [3.8, 4) is 6.07 Å². The van der Waals surface area contributed by atoms with E-state index in [2.05, 4.69) is 33.2 Å². The molecule has 0 saturated carbocycles. The molecule has 1 aliphatic rings. The molecule has 1 aromatic heterocycles. The van der Waals surface area contributed by atoms with Crippen LogP contribution in [0, 0.1) is 17.1 Å². The Hall–Kier alpha value is -4.79. The van der Waals surface area contributed by atoms with E-state index in [4.69, 9.17) is 0 Å². The number of allylic oxidation sites excluding steroid dienone is 1. The highest BCUT2D eigenvalue weighted by molar-refractivity contribution is 6.10. The number of nitriles is 1. The lowest BCUT2D eigenvalue weighted by Gasteiger charge is -2.20. The van der Waals surface area contributed by atoms with Gasteiger partial charge in [-0.2, -0.15) is 23.5 Å². The van der Waals surface area contributed by atoms with Crippen molar-refractivity contribution in [1.29, 1.82) is 5.26 Å². The lowest BCUT2D eigenvalue weighted by molar-refractivity contribution is -0.140. The molecular weight excluding hydrogens is 514 g/mol. The van der Waals surface area contributed by atoms with Gasteiger partial charge in [0.05, 0.1) is 35.1 Å². The predicted molar refractivity (Wildman–Crippen MR) is 139 cm³/mol. The molecule has 0 radical (unpaired) electrons. The molecule has 0 fully saturated rings. The summed E-state index contributed by atoms with van der Waals surface area (Å²) in [6.07, 6.45) is -0.324. The second-order valence-electron chi connectivity index (χ2n) is 8.61. The number of nitrogens with one attached hydrogen (secondary N) is 1. The fraction of sp³-hybridized carbons (Fsp3) is 0.222. The van der Waals surface area contributed by atoms with Crippen molar-refractivity contribution in [2.45, 2.75) is 19.0 Å². The Balaban J connectivity index is 1.62. The smallest absolute Gasteiger partial charge is 0.351 e. The van der Waals surface area contributed by atoms with Crippen molar-refractivity contribution < 1.29 is 22.4 Å². The number of alkyl halides is 3. The Morgan fingerprint density at radius 2 is 2.10 bits per heavy atom. The van der Waals surface area contributed by atoms with Gasteiger partial charge in [0.2, 0.25) is 5.91 Å². The number of carbonyl (C=O) groups excluding carboxylic acids is 1. The summed E-state index contributed by atoms with van der Waals surface area (Å²) in [5, 5.41) is 17.1. The van der Waals surface area contributed by atoms with Crippen LogP contribution in [-0.2, 0) is 30.9 Å². The zero-order valence-corrected chi connectivity index (χ0v) is 20.8. The Morgan fingerprint density at radius 1 is 1.31 bits per heavy atom. The largest absolute Gasteiger partial charge is 0.419 e. The number of amides is 1. The summed E-state index contributed by atoms with van der Waals surface area (Å²) in [6, 6.07) is 10.1. The number of rotatable bonds is 8. The van der Waals surface area contributed by atoms with Crippen LogP contribution in [0.2, 0.25) is 0 Å². The molecule has 1 N–H and O–H groups in total. The highest BCUT2D eigenvalue weighted by Crippen LogP contribution is 2.35. The fourth-order valence-electron chi connectivity index (χ4n) is 4.34. The topological polar surface area (TPSA) is 98.7 Å². The number of halogens is 4. The van der Waals surface area contributed by atoms with E-state index in [9.17, 15) is 27.6 Å². The minimum Gasteiger partial charge on any atom is -0.351 e. The van der Waals surface area contributed by atoms with Gasteiger partial charge in [0.1, 0.15) is 24.4 Å². The first-order valence-corrected chi connectivity index (χ1v) is 11.7. The third-order valence-corrected chi connectivity index (χ3v) is 6.17. The Morgan fingerprint density at radius 3 is 2.77 bits per heavy atom. The van der Waals surface area contributed by atoms with Gasteiger partial charge in [0, 0.05) is 31.4 Å². The number of aryl methyl sites for hydroxylation is 1. The summed E-state index contributed by atoms with van der Waals surface area (Å²) in [4.78, 5) is 22.7. The highest BCUT2D eigenvalue weighted by atomic mass is 19.4. The number of hydrogen-bond acceptors (Lipinski definition) is 6. The standard InChI is InChI=1S/C27H23F4N7O/c1-33-9-6-22(34-16-35-23-7-10-36-37(23)2)19-12-18-8-11-38(26(18)20(13-19)15-32)24(39)14-17-4-3-5-21(25(17)28)27(29,30)31/h3-7,9-10,12-13,35H,1,8,11,14,16H2,2H3/b9-6-,34-22+. The lowest BCUT2D eigenvalue weighted by Crippen LogP contribution is -2.31. The fourth-order valence-corrected chi connectivity index (χ4v) is 4.34. The third-order valence-electron chi connectivity index (χ3n) is 6.17. The number of fused-ring (bicyclic) bond motifs is 1. The number of nitrogens with zero attached hydrogens (tertiary/aromatic N) is 6. The van der Waals surface area contributed by atoms with E-state index in [1.165, 1.54) is 11.1 Å². The van der Waals surface area contributed by atoms with Crippen molar-refractivity contribution in [2.75, 3.05) is 23.4 Å². The van der Waals surface area contributed by atoms with Gasteiger partial charge in [-0.3, -0.25) is 19.5 Å². The number of aromatic nitrogens is 2. The van der Waals surface area contributed by atoms with Crippen molar-refractivity contribution in [1.82, 2.24) is 9.78 Å². The molecule has 0 unspecified atom stereocenters. The SMILES string of the molecule is C=N/C=C\C(=N/CNc1ccnn1C)c1cc(C#N)c2c(c1)CCN2C(=O)Cc1cccc(C(F)(F)F)c1F. The summed E-state index contributed by atoms with van der Waals surface area (Å²) in [7, 11) is 1.78. The molecule has 0 bridgehead atoms. The second kappa shape index (κ2) is 11.3. The van der Waals surface area contributed by atoms with Crippen LogP contribution in [0.1, 0.15) is 27.8 Å². The average molecular weight is 538 g/mol. The Kier molecular flexibility index (Phi) is 7.90. The molecular formula is C27H23F4N7O. The van der Waals surface area contributed by atoms with E-state index < -0.39 is 29.9 Å². The molecule has 0 aliphatic carbocycles. The molecule has 0 spiro atoms. The molecule has 3 aromatic rings. The summed E-state index contributed by atoms with van der Waals surface area (Å²) >= 11 is 0. The third kappa shape index (κ3) is 5.87. The maximum atomic E-state index is 14.5. The first-order valence-electron chi connectivity index (χ1n) is 11.7. The summed E-state index contributed by atoms with van der Waals surface area (Å²) < 4.78 is 55.5. The van der Waals surface area contributed by atoms with Gasteiger partial charge in [-0.05, 0) is 48.5 Å². The van der Waals surface area contributed by atoms with Gasteiger partial charge in [0.15, 0.2) is 0 Å². The van der Waals surface area contributed by atoms with Gasteiger partial charge in [-0.15, -0.1) is 0 Å². The van der Waals surface area contributed by atoms with Crippen LogP contribution in [0.4, 0.5) is 29.1 Å². The van der Waals surface area contributed by atoms with Crippen molar-refractivity contribution in [3.63, 3.8) is 0 Å². The maximum absolute atomic E-state index is 14.5. The monoisotopic (exact) mass is 537 g/mol. The van der Waals surface area contributed by atoms with Crippen LogP contribution in [0.5, 0.6) is 0 Å². The minimum absolute atomic E-state index is 0.185. The second-order valence-corrected chi connectivity index (χ2v) is 8.61. The molecule has 0 atom stereocenters. The number of carbonyl (C=O) groups is 1. The van der Waals surface area contributed by atoms with E-state index in [1.54, 1.807) is 42.2 Å². The molecule has 4 rings (SSSR count). The van der Waals surface area contributed by atoms with Gasteiger partial charge >= 0.3 is 6.18 Å². The average Bonchev–Trinajstić information content (AvgIpc) is 3.52. The number of anilines is 2. The van der Waals surface area contributed by atoms with Gasteiger partial charge in [0.25, 0.3) is 0 Å². The zero-order chi connectivity index (χ0) is 28.2. The number of hydrogen-bond donors (Lipinski definition) is 1. The van der Waals surface area contributed by atoms with E-state index in [0.29, 0.717) is 35.0 Å². The minimum atomic E-state index is -4.88. The summed E-state index contributed by atoms with van der Waals surface area (Å²) in [6.45, 7) is 3.83. The van der Waals surface area contributed by atoms with Crippen LogP contribution in [0.25, 0.3) is 0 Å². The van der Waals surface area contributed by atoms with Crippen molar-refractivity contribution >= 4 is 29.8 Å².